The number of hydrogen-bond acceptors (Lipinski definition) is 3. The van der Waals surface area contributed by atoms with Gasteiger partial charge in [0.15, 0.2) is 0 Å². The minimum Gasteiger partial charge on any atom is -0.353 e. The van der Waals surface area contributed by atoms with Crippen molar-refractivity contribution in [3.8, 4) is 0 Å². The van der Waals surface area contributed by atoms with Crippen molar-refractivity contribution in [2.24, 2.45) is 5.73 Å². The molecule has 1 saturated carbocycles. The van der Waals surface area contributed by atoms with Crippen LogP contribution in [0.4, 0.5) is 0 Å². The average molecular weight is 295 g/mol. The third-order valence-corrected chi connectivity index (χ3v) is 4.32. The number of carbonyl (C=O) groups excluding carboxylic acids is 1. The summed E-state index contributed by atoms with van der Waals surface area (Å²) in [6.07, 6.45) is 7.36. The van der Waals surface area contributed by atoms with Crippen LogP contribution in [0.15, 0.2) is 0 Å². The standard InChI is InChI=1S/C13H26N2OS.ClH/c1-2-3-9-17-10-8-13(16)15-12-6-4-11(14)5-7-12;/h11-12H,2-10,14H2,1H3,(H,15,16);1H. The van der Waals surface area contributed by atoms with Crippen LogP contribution in [0.3, 0.4) is 0 Å². The summed E-state index contributed by atoms with van der Waals surface area (Å²) >= 11 is 1.89. The van der Waals surface area contributed by atoms with Crippen molar-refractivity contribution in [1.29, 1.82) is 0 Å². The van der Waals surface area contributed by atoms with Gasteiger partial charge in [-0.25, -0.2) is 0 Å². The summed E-state index contributed by atoms with van der Waals surface area (Å²) in [6.45, 7) is 2.20. The Hall–Kier alpha value is 0.0700. The number of halogens is 1. The van der Waals surface area contributed by atoms with Crippen molar-refractivity contribution in [3.63, 3.8) is 0 Å². The zero-order valence-electron chi connectivity index (χ0n) is 11.3. The van der Waals surface area contributed by atoms with Gasteiger partial charge in [0, 0.05) is 24.3 Å². The topological polar surface area (TPSA) is 55.1 Å². The van der Waals surface area contributed by atoms with E-state index in [0.29, 0.717) is 18.5 Å². The van der Waals surface area contributed by atoms with Crippen molar-refractivity contribution in [1.82, 2.24) is 5.32 Å². The second-order valence-electron chi connectivity index (χ2n) is 4.90. The first-order chi connectivity index (χ1) is 8.22. The van der Waals surface area contributed by atoms with Crippen LogP contribution in [0.1, 0.15) is 51.9 Å². The van der Waals surface area contributed by atoms with E-state index in [1.807, 2.05) is 11.8 Å². The molecule has 3 nitrogen and oxygen atoms in total. The van der Waals surface area contributed by atoms with Gasteiger partial charge in [0.05, 0.1) is 0 Å². The molecule has 0 unspecified atom stereocenters. The maximum Gasteiger partial charge on any atom is 0.221 e. The minimum atomic E-state index is 0. The zero-order chi connectivity index (χ0) is 12.5. The molecular formula is C13H27ClN2OS. The molecule has 108 valence electrons. The van der Waals surface area contributed by atoms with E-state index in [-0.39, 0.29) is 18.3 Å². The summed E-state index contributed by atoms with van der Waals surface area (Å²) in [6, 6.07) is 0.732. The van der Waals surface area contributed by atoms with Crippen LogP contribution in [-0.4, -0.2) is 29.5 Å². The molecule has 0 aliphatic heterocycles. The van der Waals surface area contributed by atoms with Gasteiger partial charge in [-0.2, -0.15) is 11.8 Å². The fraction of sp³-hybridized carbons (Fsp3) is 0.923. The molecule has 0 radical (unpaired) electrons. The van der Waals surface area contributed by atoms with Crippen molar-refractivity contribution >= 4 is 30.1 Å². The number of thioether (sulfide) groups is 1. The molecule has 1 amide bonds. The highest BCUT2D eigenvalue weighted by atomic mass is 35.5. The summed E-state index contributed by atoms with van der Waals surface area (Å²) in [7, 11) is 0. The number of unbranched alkanes of at least 4 members (excludes halogenated alkanes) is 1. The van der Waals surface area contributed by atoms with Gasteiger partial charge in [-0.15, -0.1) is 12.4 Å². The molecule has 1 aliphatic carbocycles. The maximum absolute atomic E-state index is 11.7. The van der Waals surface area contributed by atoms with E-state index < -0.39 is 0 Å². The summed E-state index contributed by atoms with van der Waals surface area (Å²) in [5.74, 6) is 2.36. The minimum absolute atomic E-state index is 0. The van der Waals surface area contributed by atoms with Crippen molar-refractivity contribution < 1.29 is 4.79 Å². The Morgan fingerprint density at radius 1 is 1.28 bits per heavy atom. The SMILES string of the molecule is CCCCSCCC(=O)NC1CCC(N)CC1.Cl. The van der Waals surface area contributed by atoms with Crippen molar-refractivity contribution in [2.45, 2.75) is 64.0 Å². The number of amides is 1. The lowest BCUT2D eigenvalue weighted by Gasteiger charge is -2.26. The second kappa shape index (κ2) is 10.9. The number of nitrogens with two attached hydrogens (primary N) is 1. The van der Waals surface area contributed by atoms with Gasteiger partial charge in [-0.05, 0) is 37.9 Å². The molecular weight excluding hydrogens is 268 g/mol. The number of nitrogens with one attached hydrogen (secondary N) is 1. The Labute approximate surface area is 121 Å². The molecule has 1 fully saturated rings. The van der Waals surface area contributed by atoms with Crippen LogP contribution in [0.2, 0.25) is 0 Å². The van der Waals surface area contributed by atoms with Crippen LogP contribution in [-0.2, 0) is 4.79 Å². The molecule has 3 N–H and O–H groups in total. The molecule has 5 heteroatoms. The van der Waals surface area contributed by atoms with E-state index in [1.54, 1.807) is 0 Å². The molecule has 1 rings (SSSR count). The fourth-order valence-electron chi connectivity index (χ4n) is 2.08. The lowest BCUT2D eigenvalue weighted by Crippen LogP contribution is -2.40. The summed E-state index contributed by atoms with van der Waals surface area (Å²) in [4.78, 5) is 11.7. The molecule has 1 aliphatic rings. The summed E-state index contributed by atoms with van der Waals surface area (Å²) in [5, 5.41) is 3.12. The quantitative estimate of drug-likeness (QED) is 0.710. The Bertz CT molecular complexity index is 221. The molecule has 0 aromatic carbocycles. The number of hydrogen-bond donors (Lipinski definition) is 2. The monoisotopic (exact) mass is 294 g/mol. The molecule has 0 spiro atoms. The van der Waals surface area contributed by atoms with Gasteiger partial charge in [0.1, 0.15) is 0 Å². The lowest BCUT2D eigenvalue weighted by atomic mass is 9.92. The lowest BCUT2D eigenvalue weighted by molar-refractivity contribution is -0.121. The molecule has 0 saturated heterocycles. The first-order valence-corrected chi connectivity index (χ1v) is 8.00. The smallest absolute Gasteiger partial charge is 0.221 e. The van der Waals surface area contributed by atoms with Gasteiger partial charge in [-0.3, -0.25) is 4.79 Å². The van der Waals surface area contributed by atoms with Crippen molar-refractivity contribution in [2.75, 3.05) is 11.5 Å². The van der Waals surface area contributed by atoms with Gasteiger partial charge in [0.25, 0.3) is 0 Å². The highest BCUT2D eigenvalue weighted by molar-refractivity contribution is 7.99. The van der Waals surface area contributed by atoms with E-state index in [4.69, 9.17) is 5.73 Å². The van der Waals surface area contributed by atoms with Crippen LogP contribution >= 0.6 is 24.2 Å². The molecule has 0 bridgehead atoms. The predicted molar refractivity (Wildman–Crippen MR) is 82.5 cm³/mol. The van der Waals surface area contributed by atoms with Crippen LogP contribution in [0.25, 0.3) is 0 Å². The van der Waals surface area contributed by atoms with Gasteiger partial charge >= 0.3 is 0 Å². The van der Waals surface area contributed by atoms with E-state index in [0.717, 1.165) is 31.4 Å². The molecule has 0 aromatic heterocycles. The number of rotatable bonds is 7. The Kier molecular flexibility index (Phi) is 11.0. The predicted octanol–water partition coefficient (Wildman–Crippen LogP) is 2.72. The second-order valence-corrected chi connectivity index (χ2v) is 6.12. The molecule has 18 heavy (non-hydrogen) atoms. The van der Waals surface area contributed by atoms with Gasteiger partial charge in [-0.1, -0.05) is 13.3 Å². The first kappa shape index (κ1) is 18.1. The third kappa shape index (κ3) is 8.22. The van der Waals surface area contributed by atoms with Gasteiger partial charge in [0.2, 0.25) is 5.91 Å². The van der Waals surface area contributed by atoms with E-state index in [1.165, 1.54) is 18.6 Å². The Morgan fingerprint density at radius 3 is 2.56 bits per heavy atom. The molecule has 0 aromatic rings. The average Bonchev–Trinajstić information content (AvgIpc) is 2.32. The number of carbonyl (C=O) groups is 1. The highest BCUT2D eigenvalue weighted by Gasteiger charge is 2.19. The molecule has 0 heterocycles. The van der Waals surface area contributed by atoms with Crippen LogP contribution < -0.4 is 11.1 Å². The first-order valence-electron chi connectivity index (χ1n) is 6.85. The van der Waals surface area contributed by atoms with E-state index in [9.17, 15) is 4.79 Å². The maximum atomic E-state index is 11.7. The Balaban J connectivity index is 0.00000289. The zero-order valence-corrected chi connectivity index (χ0v) is 13.0. The summed E-state index contributed by atoms with van der Waals surface area (Å²) < 4.78 is 0. The van der Waals surface area contributed by atoms with Crippen molar-refractivity contribution in [3.05, 3.63) is 0 Å². The largest absolute Gasteiger partial charge is 0.353 e. The third-order valence-electron chi connectivity index (χ3n) is 3.25. The van der Waals surface area contributed by atoms with E-state index in [2.05, 4.69) is 12.2 Å². The molecule has 0 atom stereocenters. The van der Waals surface area contributed by atoms with Gasteiger partial charge < -0.3 is 11.1 Å². The van der Waals surface area contributed by atoms with Crippen LogP contribution in [0.5, 0.6) is 0 Å². The highest BCUT2D eigenvalue weighted by Crippen LogP contribution is 2.17. The van der Waals surface area contributed by atoms with E-state index >= 15 is 0 Å². The Morgan fingerprint density at radius 2 is 1.94 bits per heavy atom. The van der Waals surface area contributed by atoms with Crippen LogP contribution in [0, 0.1) is 0 Å². The normalized spacial score (nSPS) is 23.2. The summed E-state index contributed by atoms with van der Waals surface area (Å²) in [5.41, 5.74) is 5.84. The fourth-order valence-corrected chi connectivity index (χ4v) is 3.10.